The van der Waals surface area contributed by atoms with Gasteiger partial charge in [-0.25, -0.2) is 8.42 Å². The second-order valence-electron chi connectivity index (χ2n) is 4.42. The lowest BCUT2D eigenvalue weighted by Gasteiger charge is -2.26. The van der Waals surface area contributed by atoms with Crippen molar-refractivity contribution >= 4 is 27.8 Å². The molecule has 0 spiro atoms. The minimum Gasteiger partial charge on any atom is -0.480 e. The Morgan fingerprint density at radius 3 is 2.74 bits per heavy atom. The third-order valence-corrected chi connectivity index (χ3v) is 6.38. The van der Waals surface area contributed by atoms with E-state index in [1.807, 2.05) is 6.92 Å². The van der Waals surface area contributed by atoms with Gasteiger partial charge < -0.3 is 9.84 Å². The van der Waals surface area contributed by atoms with Crippen molar-refractivity contribution in [3.8, 4) is 0 Å². The maximum Gasteiger partial charge on any atom is 0.322 e. The number of hydrogen-bond acceptors (Lipinski definition) is 5. The Kier molecular flexibility index (Phi) is 6.58. The van der Waals surface area contributed by atoms with E-state index in [1.165, 1.54) is 23.2 Å². The van der Waals surface area contributed by atoms with E-state index in [1.54, 1.807) is 0 Å². The number of sulfonamides is 1. The van der Waals surface area contributed by atoms with Gasteiger partial charge in [-0.2, -0.15) is 4.31 Å². The second kappa shape index (κ2) is 7.47. The van der Waals surface area contributed by atoms with Crippen molar-refractivity contribution in [3.05, 3.63) is 0 Å². The molecule has 1 rings (SSSR count). The highest BCUT2D eigenvalue weighted by molar-refractivity contribution is 8.01. The predicted octanol–water partition coefficient (Wildman–Crippen LogP) is 0.981. The number of hydrogen-bond donors (Lipinski definition) is 1. The van der Waals surface area contributed by atoms with Crippen LogP contribution < -0.4 is 0 Å². The molecule has 1 aliphatic heterocycles. The Bertz CT molecular complexity index is 398. The smallest absolute Gasteiger partial charge is 0.322 e. The summed E-state index contributed by atoms with van der Waals surface area (Å²) >= 11 is 1.41. The first-order valence-corrected chi connectivity index (χ1v) is 8.94. The summed E-state index contributed by atoms with van der Waals surface area (Å²) in [5.41, 5.74) is 0. The van der Waals surface area contributed by atoms with Crippen molar-refractivity contribution in [3.63, 3.8) is 0 Å². The maximum atomic E-state index is 12.3. The van der Waals surface area contributed by atoms with Crippen LogP contribution >= 0.6 is 11.8 Å². The fourth-order valence-corrected chi connectivity index (χ4v) is 5.84. The van der Waals surface area contributed by atoms with Crippen molar-refractivity contribution in [2.75, 3.05) is 25.2 Å². The van der Waals surface area contributed by atoms with Crippen LogP contribution in [0, 0.1) is 0 Å². The molecule has 0 amide bonds. The first-order valence-electron chi connectivity index (χ1n) is 6.28. The lowest BCUT2D eigenvalue weighted by Crippen LogP contribution is -2.46. The summed E-state index contributed by atoms with van der Waals surface area (Å²) < 4.78 is 30.6. The van der Waals surface area contributed by atoms with Crippen LogP contribution in [0.1, 0.15) is 26.2 Å². The Balaban J connectivity index is 2.84. The molecule has 1 aliphatic rings. The summed E-state index contributed by atoms with van der Waals surface area (Å²) in [5.74, 6) is -0.809. The van der Waals surface area contributed by atoms with Gasteiger partial charge in [-0.1, -0.05) is 13.3 Å². The van der Waals surface area contributed by atoms with Gasteiger partial charge >= 0.3 is 5.97 Å². The number of nitrogens with zero attached hydrogens (tertiary/aromatic N) is 1. The molecule has 8 heteroatoms. The minimum absolute atomic E-state index is 0.0641. The monoisotopic (exact) mass is 311 g/mol. The summed E-state index contributed by atoms with van der Waals surface area (Å²) in [6.07, 6.45) is 1.89. The minimum atomic E-state index is -3.55. The maximum absolute atomic E-state index is 12.3. The van der Waals surface area contributed by atoms with Gasteiger partial charge in [0.2, 0.25) is 10.0 Å². The molecular formula is C11H21NO5S2. The van der Waals surface area contributed by atoms with Gasteiger partial charge in [0.05, 0.1) is 11.1 Å². The normalized spacial score (nSPS) is 24.7. The molecule has 1 N–H and O–H groups in total. The van der Waals surface area contributed by atoms with Crippen LogP contribution in [0.25, 0.3) is 0 Å². The zero-order valence-electron chi connectivity index (χ0n) is 11.2. The highest BCUT2D eigenvalue weighted by Crippen LogP contribution is 2.34. The average Bonchev–Trinajstić information content (AvgIpc) is 2.74. The number of carboxylic acids is 1. The van der Waals surface area contributed by atoms with Crippen LogP contribution in [0.2, 0.25) is 0 Å². The van der Waals surface area contributed by atoms with Gasteiger partial charge in [0, 0.05) is 19.5 Å². The number of thioether (sulfide) groups is 1. The fourth-order valence-electron chi connectivity index (χ4n) is 2.05. The van der Waals surface area contributed by atoms with Crippen molar-refractivity contribution in [1.82, 2.24) is 4.31 Å². The van der Waals surface area contributed by atoms with E-state index in [2.05, 4.69) is 0 Å². The van der Waals surface area contributed by atoms with Crippen LogP contribution in [0.5, 0.6) is 0 Å². The summed E-state index contributed by atoms with van der Waals surface area (Å²) in [7, 11) is -2.03. The summed E-state index contributed by atoms with van der Waals surface area (Å²) in [5, 5.41) is 8.91. The number of rotatable bonds is 8. The van der Waals surface area contributed by atoms with E-state index in [0.717, 1.165) is 6.42 Å². The molecule has 0 aliphatic carbocycles. The van der Waals surface area contributed by atoms with Gasteiger partial charge in [0.15, 0.2) is 0 Å². The van der Waals surface area contributed by atoms with Gasteiger partial charge in [-0.05, 0) is 12.8 Å². The molecule has 0 aromatic carbocycles. The Morgan fingerprint density at radius 1 is 1.53 bits per heavy atom. The van der Waals surface area contributed by atoms with Crippen LogP contribution in [0.3, 0.4) is 0 Å². The Labute approximate surface area is 118 Å². The highest BCUT2D eigenvalue weighted by atomic mass is 32.2. The molecule has 0 aromatic rings. The zero-order valence-corrected chi connectivity index (χ0v) is 12.9. The molecule has 6 nitrogen and oxygen atoms in total. The number of carbonyl (C=O) groups is 1. The SMILES string of the molecule is CCCC1SCC(C(=O)O)N1S(=O)(=O)CCCOC. The molecule has 1 saturated heterocycles. The number of ether oxygens (including phenoxy) is 1. The fraction of sp³-hybridized carbons (Fsp3) is 0.909. The third kappa shape index (κ3) is 4.34. The highest BCUT2D eigenvalue weighted by Gasteiger charge is 2.44. The molecule has 0 aromatic heterocycles. The largest absolute Gasteiger partial charge is 0.480 e. The van der Waals surface area contributed by atoms with E-state index in [0.29, 0.717) is 25.2 Å². The molecule has 2 unspecified atom stereocenters. The topological polar surface area (TPSA) is 83.9 Å². The summed E-state index contributed by atoms with van der Waals surface area (Å²) in [6.45, 7) is 2.32. The van der Waals surface area contributed by atoms with Crippen molar-refractivity contribution < 1.29 is 23.1 Å². The molecule has 0 radical (unpaired) electrons. The first-order chi connectivity index (χ1) is 8.94. The number of methoxy groups -OCH3 is 1. The predicted molar refractivity (Wildman–Crippen MR) is 74.7 cm³/mol. The molecule has 19 heavy (non-hydrogen) atoms. The summed E-state index contributed by atoms with van der Waals surface area (Å²) in [6, 6.07) is -0.936. The van der Waals surface area contributed by atoms with Crippen molar-refractivity contribution in [2.24, 2.45) is 0 Å². The quantitative estimate of drug-likeness (QED) is 0.673. The van der Waals surface area contributed by atoms with Crippen LogP contribution in [-0.4, -0.2) is 60.4 Å². The molecule has 0 bridgehead atoms. The van der Waals surface area contributed by atoms with E-state index in [9.17, 15) is 13.2 Å². The van der Waals surface area contributed by atoms with Crippen LogP contribution in [-0.2, 0) is 19.6 Å². The van der Waals surface area contributed by atoms with Crippen molar-refractivity contribution in [2.45, 2.75) is 37.6 Å². The third-order valence-electron chi connectivity index (χ3n) is 2.93. The average molecular weight is 311 g/mol. The lowest BCUT2D eigenvalue weighted by atomic mass is 10.3. The Morgan fingerprint density at radius 2 is 2.21 bits per heavy atom. The van der Waals surface area contributed by atoms with Gasteiger partial charge in [-0.15, -0.1) is 11.8 Å². The number of aliphatic carboxylic acids is 1. The van der Waals surface area contributed by atoms with E-state index < -0.39 is 22.0 Å². The van der Waals surface area contributed by atoms with Gasteiger partial charge in [-0.3, -0.25) is 4.79 Å². The van der Waals surface area contributed by atoms with E-state index in [4.69, 9.17) is 9.84 Å². The van der Waals surface area contributed by atoms with E-state index in [-0.39, 0.29) is 11.1 Å². The van der Waals surface area contributed by atoms with Crippen LogP contribution in [0.15, 0.2) is 0 Å². The molecule has 112 valence electrons. The molecule has 0 saturated carbocycles. The molecular weight excluding hydrogens is 290 g/mol. The van der Waals surface area contributed by atoms with Crippen molar-refractivity contribution in [1.29, 1.82) is 0 Å². The first kappa shape index (κ1) is 16.7. The molecule has 2 atom stereocenters. The van der Waals surface area contributed by atoms with Crippen LogP contribution in [0.4, 0.5) is 0 Å². The second-order valence-corrected chi connectivity index (χ2v) is 7.63. The van der Waals surface area contributed by atoms with E-state index >= 15 is 0 Å². The molecule has 1 fully saturated rings. The number of carboxylic acid groups (broad SMARTS) is 1. The van der Waals surface area contributed by atoms with Gasteiger partial charge in [0.25, 0.3) is 0 Å². The lowest BCUT2D eigenvalue weighted by molar-refractivity contribution is -0.140. The van der Waals surface area contributed by atoms with Gasteiger partial charge in [0.1, 0.15) is 6.04 Å². The Hall–Kier alpha value is -0.310. The summed E-state index contributed by atoms with van der Waals surface area (Å²) in [4.78, 5) is 11.2. The zero-order chi connectivity index (χ0) is 14.5. The molecule has 1 heterocycles. The standard InChI is InChI=1S/C11H21NO5S2/c1-3-5-10-12(9(8-18-10)11(13)14)19(15,16)7-4-6-17-2/h9-10H,3-8H2,1-2H3,(H,13,14).